The molecule has 2 atom stereocenters. The second-order valence-corrected chi connectivity index (χ2v) is 6.77. The van der Waals surface area contributed by atoms with Crippen molar-refractivity contribution < 1.29 is 28.6 Å². The quantitative estimate of drug-likeness (QED) is 0.754. The van der Waals surface area contributed by atoms with Gasteiger partial charge in [0, 0.05) is 0 Å². The van der Waals surface area contributed by atoms with E-state index in [1.807, 2.05) is 0 Å². The second kappa shape index (κ2) is 7.01. The van der Waals surface area contributed by atoms with Crippen molar-refractivity contribution in [2.45, 2.75) is 18.6 Å². The highest BCUT2D eigenvalue weighted by Crippen LogP contribution is 2.32. The summed E-state index contributed by atoms with van der Waals surface area (Å²) in [5.74, 6) is 0.188. The molecule has 29 heavy (non-hydrogen) atoms. The van der Waals surface area contributed by atoms with E-state index in [2.05, 4.69) is 10.7 Å². The molecule has 150 valence electrons. The fourth-order valence-electron chi connectivity index (χ4n) is 3.20. The summed E-state index contributed by atoms with van der Waals surface area (Å²) in [6.45, 7) is 1.52. The van der Waals surface area contributed by atoms with Gasteiger partial charge in [-0.25, -0.2) is 4.79 Å². The van der Waals surface area contributed by atoms with Gasteiger partial charge in [-0.3, -0.25) is 15.0 Å². The number of nitrogens with one attached hydrogen (secondary N) is 2. The van der Waals surface area contributed by atoms with Gasteiger partial charge in [0.05, 0.1) is 7.11 Å². The van der Waals surface area contributed by atoms with Crippen LogP contribution in [0.3, 0.4) is 0 Å². The van der Waals surface area contributed by atoms with Crippen molar-refractivity contribution in [1.29, 1.82) is 0 Å². The van der Waals surface area contributed by atoms with Crippen LogP contribution in [0.4, 0.5) is 4.79 Å². The number of hydrazine groups is 1. The topological polar surface area (TPSA) is 106 Å². The van der Waals surface area contributed by atoms with Crippen molar-refractivity contribution in [3.63, 3.8) is 0 Å². The lowest BCUT2D eigenvalue weighted by Gasteiger charge is -2.27. The van der Waals surface area contributed by atoms with E-state index in [-0.39, 0.29) is 6.61 Å². The van der Waals surface area contributed by atoms with Crippen LogP contribution in [0, 0.1) is 0 Å². The Balaban J connectivity index is 1.50. The molecule has 1 saturated heterocycles. The number of hydrogen-bond acceptors (Lipinski definition) is 6. The predicted molar refractivity (Wildman–Crippen MR) is 100 cm³/mol. The average molecular weight is 397 g/mol. The Labute approximate surface area is 166 Å². The third-order valence-corrected chi connectivity index (χ3v) is 4.86. The SMILES string of the molecule is COc1cccc([C@]2(C)NC(=O)N(NC(=O)[C@H]3COc4ccccc4O3)C2=O)c1. The first-order chi connectivity index (χ1) is 13.9. The summed E-state index contributed by atoms with van der Waals surface area (Å²) in [4.78, 5) is 38.0. The monoisotopic (exact) mass is 397 g/mol. The Kier molecular flexibility index (Phi) is 4.50. The van der Waals surface area contributed by atoms with Crippen LogP contribution in [-0.2, 0) is 15.1 Å². The number of carbonyl (C=O) groups excluding carboxylic acids is 3. The molecule has 1 fully saturated rings. The van der Waals surface area contributed by atoms with Crippen molar-refractivity contribution >= 4 is 17.8 Å². The Hall–Kier alpha value is -3.75. The molecule has 0 saturated carbocycles. The first-order valence-electron chi connectivity index (χ1n) is 8.92. The highest BCUT2D eigenvalue weighted by Gasteiger charge is 2.50. The molecule has 2 aromatic rings. The molecule has 0 spiro atoms. The minimum atomic E-state index is -1.35. The first-order valence-corrected chi connectivity index (χ1v) is 8.92. The van der Waals surface area contributed by atoms with Crippen LogP contribution in [-0.4, -0.2) is 42.7 Å². The predicted octanol–water partition coefficient (Wildman–Crippen LogP) is 1.33. The van der Waals surface area contributed by atoms with Gasteiger partial charge < -0.3 is 19.5 Å². The van der Waals surface area contributed by atoms with Gasteiger partial charge in [0.15, 0.2) is 11.5 Å². The third kappa shape index (κ3) is 3.20. The summed E-state index contributed by atoms with van der Waals surface area (Å²) in [6.07, 6.45) is -1.01. The standard InChI is InChI=1S/C20H19N3O6/c1-20(12-6-5-7-13(10-12)27-2)18(25)23(19(26)21-20)22-17(24)16-11-28-14-8-3-4-9-15(14)29-16/h3-10,16H,11H2,1-2H3,(H,21,26)(H,22,24)/t16-,20+/m1/s1. The van der Waals surface area contributed by atoms with Gasteiger partial charge in [-0.2, -0.15) is 5.01 Å². The van der Waals surface area contributed by atoms with Gasteiger partial charge in [0.1, 0.15) is 17.9 Å². The third-order valence-electron chi connectivity index (χ3n) is 4.86. The number of carbonyl (C=O) groups is 3. The van der Waals surface area contributed by atoms with Crippen molar-refractivity contribution in [1.82, 2.24) is 15.8 Å². The van der Waals surface area contributed by atoms with Gasteiger partial charge >= 0.3 is 6.03 Å². The summed E-state index contributed by atoms with van der Waals surface area (Å²) < 4.78 is 16.3. The summed E-state index contributed by atoms with van der Waals surface area (Å²) in [6, 6.07) is 13.0. The lowest BCUT2D eigenvalue weighted by Crippen LogP contribution is -2.53. The molecule has 0 aliphatic carbocycles. The zero-order chi connectivity index (χ0) is 20.6. The van der Waals surface area contributed by atoms with E-state index in [4.69, 9.17) is 14.2 Å². The van der Waals surface area contributed by atoms with E-state index in [1.54, 1.807) is 55.5 Å². The van der Waals surface area contributed by atoms with Crippen LogP contribution in [0.15, 0.2) is 48.5 Å². The van der Waals surface area contributed by atoms with Gasteiger partial charge in [-0.15, -0.1) is 0 Å². The van der Waals surface area contributed by atoms with Crippen LogP contribution >= 0.6 is 0 Å². The maximum absolute atomic E-state index is 13.0. The highest BCUT2D eigenvalue weighted by atomic mass is 16.6. The summed E-state index contributed by atoms with van der Waals surface area (Å²) in [5.41, 5.74) is 1.50. The van der Waals surface area contributed by atoms with Gasteiger partial charge in [0.2, 0.25) is 6.10 Å². The van der Waals surface area contributed by atoms with Crippen molar-refractivity contribution in [3.8, 4) is 17.2 Å². The smallest absolute Gasteiger partial charge is 0.344 e. The van der Waals surface area contributed by atoms with E-state index in [0.717, 1.165) is 0 Å². The molecule has 2 aliphatic rings. The number of rotatable bonds is 4. The van der Waals surface area contributed by atoms with Crippen molar-refractivity contribution in [3.05, 3.63) is 54.1 Å². The summed E-state index contributed by atoms with van der Waals surface area (Å²) in [5, 5.41) is 3.28. The molecule has 0 aromatic heterocycles. The molecule has 9 nitrogen and oxygen atoms in total. The Morgan fingerprint density at radius 1 is 1.21 bits per heavy atom. The fourth-order valence-corrected chi connectivity index (χ4v) is 3.20. The number of methoxy groups -OCH3 is 1. The lowest BCUT2D eigenvalue weighted by atomic mass is 9.92. The fraction of sp³-hybridized carbons (Fsp3) is 0.250. The minimum absolute atomic E-state index is 0.0420. The average Bonchev–Trinajstić information content (AvgIpc) is 2.97. The summed E-state index contributed by atoms with van der Waals surface area (Å²) >= 11 is 0. The first kappa shape index (κ1) is 18.6. The number of hydrogen-bond donors (Lipinski definition) is 2. The van der Waals surface area contributed by atoms with E-state index in [9.17, 15) is 14.4 Å². The largest absolute Gasteiger partial charge is 0.497 e. The molecular formula is C20H19N3O6. The van der Waals surface area contributed by atoms with E-state index >= 15 is 0 Å². The highest BCUT2D eigenvalue weighted by molar-refractivity contribution is 6.08. The Morgan fingerprint density at radius 3 is 2.72 bits per heavy atom. The van der Waals surface area contributed by atoms with Crippen LogP contribution in [0.2, 0.25) is 0 Å². The number of benzene rings is 2. The molecule has 4 amide bonds. The molecule has 2 heterocycles. The van der Waals surface area contributed by atoms with E-state index in [1.165, 1.54) is 7.11 Å². The molecule has 2 aliphatic heterocycles. The number of amides is 4. The number of nitrogens with zero attached hydrogens (tertiary/aromatic N) is 1. The van der Waals surface area contributed by atoms with Crippen LogP contribution in [0.5, 0.6) is 17.2 Å². The number of para-hydroxylation sites is 2. The zero-order valence-corrected chi connectivity index (χ0v) is 15.8. The molecule has 9 heteroatoms. The van der Waals surface area contributed by atoms with Crippen LogP contribution in [0.1, 0.15) is 12.5 Å². The molecule has 0 unspecified atom stereocenters. The number of urea groups is 1. The minimum Gasteiger partial charge on any atom is -0.497 e. The molecular weight excluding hydrogens is 378 g/mol. The Morgan fingerprint density at radius 2 is 1.97 bits per heavy atom. The molecule has 2 N–H and O–H groups in total. The Bertz CT molecular complexity index is 994. The van der Waals surface area contributed by atoms with Gasteiger partial charge in [0.25, 0.3) is 11.8 Å². The normalized spacial score (nSPS) is 22.8. The maximum atomic E-state index is 13.0. The van der Waals surface area contributed by atoms with Crippen LogP contribution < -0.4 is 25.0 Å². The maximum Gasteiger partial charge on any atom is 0.344 e. The van der Waals surface area contributed by atoms with E-state index in [0.29, 0.717) is 27.8 Å². The zero-order valence-electron chi connectivity index (χ0n) is 15.8. The van der Waals surface area contributed by atoms with Gasteiger partial charge in [-0.1, -0.05) is 24.3 Å². The van der Waals surface area contributed by atoms with Crippen LogP contribution in [0.25, 0.3) is 0 Å². The second-order valence-electron chi connectivity index (χ2n) is 6.77. The van der Waals surface area contributed by atoms with Crippen molar-refractivity contribution in [2.24, 2.45) is 0 Å². The number of fused-ring (bicyclic) bond motifs is 1. The number of imide groups is 1. The van der Waals surface area contributed by atoms with Gasteiger partial charge in [-0.05, 0) is 36.8 Å². The lowest BCUT2D eigenvalue weighted by molar-refractivity contribution is -0.143. The van der Waals surface area contributed by atoms with Crippen molar-refractivity contribution in [2.75, 3.05) is 13.7 Å². The molecule has 4 rings (SSSR count). The summed E-state index contributed by atoms with van der Waals surface area (Å²) in [7, 11) is 1.51. The molecule has 2 aromatic carbocycles. The van der Waals surface area contributed by atoms with E-state index < -0.39 is 29.5 Å². The molecule has 0 bridgehead atoms. The molecule has 0 radical (unpaired) electrons. The number of ether oxygens (including phenoxy) is 3.